The Bertz CT molecular complexity index is 680. The molecular weight excluding hydrogens is 266 g/mol. The van der Waals surface area contributed by atoms with Crippen molar-refractivity contribution in [2.75, 3.05) is 11.6 Å². The molecule has 1 aromatic heterocycles. The third kappa shape index (κ3) is 3.11. The predicted molar refractivity (Wildman–Crippen MR) is 84.0 cm³/mol. The lowest BCUT2D eigenvalue weighted by Crippen LogP contribution is -2.37. The van der Waals surface area contributed by atoms with Gasteiger partial charge >= 0.3 is 5.69 Å². The predicted octanol–water partition coefficient (Wildman–Crippen LogP) is 1.72. The van der Waals surface area contributed by atoms with E-state index in [2.05, 4.69) is 9.97 Å². The number of aryl methyl sites for hydroxylation is 1. The number of aromatic nitrogens is 3. The monoisotopic (exact) mass is 287 g/mol. The van der Waals surface area contributed by atoms with Gasteiger partial charge in [-0.15, -0.1) is 0 Å². The van der Waals surface area contributed by atoms with Crippen molar-refractivity contribution in [3.63, 3.8) is 0 Å². The van der Waals surface area contributed by atoms with Crippen LogP contribution >= 0.6 is 0 Å². The quantitative estimate of drug-likeness (QED) is 0.669. The Morgan fingerprint density at radius 3 is 2.57 bits per heavy atom. The van der Waals surface area contributed by atoms with Crippen molar-refractivity contribution < 1.29 is 0 Å². The molecule has 0 radical (unpaired) electrons. The van der Waals surface area contributed by atoms with Crippen LogP contribution < -0.4 is 16.5 Å². The molecule has 112 valence electrons. The molecule has 0 aliphatic rings. The molecule has 21 heavy (non-hydrogen) atoms. The summed E-state index contributed by atoms with van der Waals surface area (Å²) in [6.45, 7) is 7.02. The molecule has 6 heteroatoms. The van der Waals surface area contributed by atoms with Crippen LogP contribution in [-0.2, 0) is 6.54 Å². The zero-order valence-electron chi connectivity index (χ0n) is 12.7. The van der Waals surface area contributed by atoms with Crippen LogP contribution in [0.5, 0.6) is 0 Å². The number of benzene rings is 1. The average molecular weight is 287 g/mol. The maximum absolute atomic E-state index is 12.2. The van der Waals surface area contributed by atoms with Crippen molar-refractivity contribution in [3.05, 3.63) is 40.3 Å². The lowest BCUT2D eigenvalue weighted by atomic mass is 10.1. The van der Waals surface area contributed by atoms with E-state index in [-0.39, 0.29) is 11.6 Å². The number of hydrogen-bond acceptors (Lipinski definition) is 5. The zero-order chi connectivity index (χ0) is 15.4. The molecule has 2 rings (SSSR count). The molecule has 0 saturated carbocycles. The number of anilines is 1. The Hall–Kier alpha value is -2.21. The van der Waals surface area contributed by atoms with Crippen LogP contribution in [0.2, 0.25) is 0 Å². The van der Waals surface area contributed by atoms with Gasteiger partial charge in [0.05, 0.1) is 0 Å². The molecule has 0 amide bonds. The number of rotatable bonds is 5. The number of hydrazine groups is 1. The summed E-state index contributed by atoms with van der Waals surface area (Å²) in [6, 6.07) is 7.84. The summed E-state index contributed by atoms with van der Waals surface area (Å²) >= 11 is 0. The highest BCUT2D eigenvalue weighted by molar-refractivity contribution is 5.61. The Balaban J connectivity index is 2.63. The molecule has 0 aliphatic carbocycles. The second-order valence-corrected chi connectivity index (χ2v) is 4.88. The first-order valence-electron chi connectivity index (χ1n) is 7.15. The molecule has 0 saturated heterocycles. The van der Waals surface area contributed by atoms with Gasteiger partial charge in [-0.3, -0.25) is 9.58 Å². The van der Waals surface area contributed by atoms with E-state index in [9.17, 15) is 4.79 Å². The van der Waals surface area contributed by atoms with Crippen molar-refractivity contribution in [1.29, 1.82) is 0 Å². The van der Waals surface area contributed by atoms with Crippen molar-refractivity contribution in [1.82, 2.24) is 14.5 Å². The SMILES string of the molecule is CCCN(N)c1nc(-c2ccccc2C)n(CC)c(=O)n1. The number of nitrogens with zero attached hydrogens (tertiary/aromatic N) is 4. The molecule has 6 nitrogen and oxygen atoms in total. The van der Waals surface area contributed by atoms with Crippen LogP contribution in [0.25, 0.3) is 11.4 Å². The van der Waals surface area contributed by atoms with E-state index < -0.39 is 0 Å². The van der Waals surface area contributed by atoms with Crippen molar-refractivity contribution >= 4 is 5.95 Å². The van der Waals surface area contributed by atoms with Gasteiger partial charge in [0.2, 0.25) is 5.95 Å². The Morgan fingerprint density at radius 1 is 1.24 bits per heavy atom. The first-order chi connectivity index (χ1) is 10.1. The van der Waals surface area contributed by atoms with Gasteiger partial charge in [-0.25, -0.2) is 10.6 Å². The van der Waals surface area contributed by atoms with Crippen LogP contribution in [0.1, 0.15) is 25.8 Å². The average Bonchev–Trinajstić information content (AvgIpc) is 2.47. The van der Waals surface area contributed by atoms with Crippen LogP contribution in [0.3, 0.4) is 0 Å². The fourth-order valence-corrected chi connectivity index (χ4v) is 2.20. The van der Waals surface area contributed by atoms with Gasteiger partial charge in [0.25, 0.3) is 0 Å². The van der Waals surface area contributed by atoms with Gasteiger partial charge in [0.15, 0.2) is 0 Å². The maximum atomic E-state index is 12.2. The highest BCUT2D eigenvalue weighted by Gasteiger charge is 2.14. The van der Waals surface area contributed by atoms with E-state index in [1.165, 1.54) is 5.01 Å². The highest BCUT2D eigenvalue weighted by atomic mass is 16.1. The molecule has 0 aliphatic heterocycles. The Kier molecular flexibility index (Phi) is 4.70. The standard InChI is InChI=1S/C15H21N5O/c1-4-10-20(16)14-17-13(19(5-2)15(21)18-14)12-9-7-6-8-11(12)3/h6-9H,4-5,10,16H2,1-3H3. The number of nitrogens with two attached hydrogens (primary N) is 1. The summed E-state index contributed by atoms with van der Waals surface area (Å²) in [6.07, 6.45) is 0.858. The Morgan fingerprint density at radius 2 is 1.95 bits per heavy atom. The normalized spacial score (nSPS) is 10.7. The van der Waals surface area contributed by atoms with Crippen molar-refractivity contribution in [3.8, 4) is 11.4 Å². The molecule has 2 aromatic rings. The molecule has 1 heterocycles. The zero-order valence-corrected chi connectivity index (χ0v) is 12.7. The van der Waals surface area contributed by atoms with E-state index in [0.717, 1.165) is 17.5 Å². The third-order valence-corrected chi connectivity index (χ3v) is 3.31. The Labute approximate surface area is 124 Å². The number of hydrogen-bond donors (Lipinski definition) is 1. The fraction of sp³-hybridized carbons (Fsp3) is 0.400. The fourth-order valence-electron chi connectivity index (χ4n) is 2.20. The van der Waals surface area contributed by atoms with Crippen molar-refractivity contribution in [2.24, 2.45) is 5.84 Å². The van der Waals surface area contributed by atoms with E-state index in [1.54, 1.807) is 4.57 Å². The molecule has 0 bridgehead atoms. The second kappa shape index (κ2) is 6.49. The molecular formula is C15H21N5O. The molecule has 2 N–H and O–H groups in total. The maximum Gasteiger partial charge on any atom is 0.352 e. The summed E-state index contributed by atoms with van der Waals surface area (Å²) < 4.78 is 1.56. The van der Waals surface area contributed by atoms with Crippen LogP contribution in [0, 0.1) is 6.92 Å². The van der Waals surface area contributed by atoms with E-state index in [4.69, 9.17) is 5.84 Å². The summed E-state index contributed by atoms with van der Waals surface area (Å²) in [5.41, 5.74) is 1.65. The summed E-state index contributed by atoms with van der Waals surface area (Å²) in [4.78, 5) is 20.7. The van der Waals surface area contributed by atoms with Gasteiger partial charge < -0.3 is 0 Å². The largest absolute Gasteiger partial charge is 0.352 e. The van der Waals surface area contributed by atoms with E-state index in [1.807, 2.05) is 45.0 Å². The summed E-state index contributed by atoms with van der Waals surface area (Å²) in [5.74, 6) is 6.79. The van der Waals surface area contributed by atoms with Gasteiger partial charge in [-0.2, -0.15) is 9.97 Å². The van der Waals surface area contributed by atoms with Gasteiger partial charge in [0.1, 0.15) is 5.82 Å². The molecule has 0 atom stereocenters. The van der Waals surface area contributed by atoms with Crippen molar-refractivity contribution in [2.45, 2.75) is 33.7 Å². The minimum Gasteiger partial charge on any atom is -0.279 e. The molecule has 0 fully saturated rings. The summed E-state index contributed by atoms with van der Waals surface area (Å²) in [7, 11) is 0. The highest BCUT2D eigenvalue weighted by Crippen LogP contribution is 2.21. The third-order valence-electron chi connectivity index (χ3n) is 3.31. The minimum atomic E-state index is -0.327. The van der Waals surface area contributed by atoms with E-state index in [0.29, 0.717) is 18.9 Å². The second-order valence-electron chi connectivity index (χ2n) is 4.88. The van der Waals surface area contributed by atoms with Gasteiger partial charge in [-0.05, 0) is 25.8 Å². The molecule has 0 unspecified atom stereocenters. The van der Waals surface area contributed by atoms with E-state index >= 15 is 0 Å². The lowest BCUT2D eigenvalue weighted by Gasteiger charge is -2.18. The first-order valence-corrected chi connectivity index (χ1v) is 7.15. The van der Waals surface area contributed by atoms with Gasteiger partial charge in [-0.1, -0.05) is 31.2 Å². The first kappa shape index (κ1) is 15.2. The molecule has 1 aromatic carbocycles. The minimum absolute atomic E-state index is 0.268. The smallest absolute Gasteiger partial charge is 0.279 e. The van der Waals surface area contributed by atoms with Crippen LogP contribution in [-0.4, -0.2) is 21.1 Å². The van der Waals surface area contributed by atoms with Crippen LogP contribution in [0.4, 0.5) is 5.95 Å². The molecule has 0 spiro atoms. The van der Waals surface area contributed by atoms with Crippen LogP contribution in [0.15, 0.2) is 29.1 Å². The topological polar surface area (TPSA) is 77.0 Å². The lowest BCUT2D eigenvalue weighted by molar-refractivity contribution is 0.668. The van der Waals surface area contributed by atoms with Gasteiger partial charge in [0, 0.05) is 18.7 Å². The summed E-state index contributed by atoms with van der Waals surface area (Å²) in [5, 5.41) is 1.42.